The molecule has 0 aliphatic rings. The lowest BCUT2D eigenvalue weighted by Crippen LogP contribution is -2.33. The summed E-state index contributed by atoms with van der Waals surface area (Å²) in [6.45, 7) is 5.33. The lowest BCUT2D eigenvalue weighted by atomic mass is 10.0. The molecular formula is C14H19NO3. The zero-order valence-corrected chi connectivity index (χ0v) is 11.0. The summed E-state index contributed by atoms with van der Waals surface area (Å²) in [4.78, 5) is 23.0. The van der Waals surface area contributed by atoms with Crippen molar-refractivity contribution in [3.8, 4) is 0 Å². The molecule has 1 rings (SSSR count). The molecule has 0 aromatic heterocycles. The number of carbonyl (C=O) groups is 1. The molecule has 2 unspecified atom stereocenters. The quantitative estimate of drug-likeness (QED) is 0.440. The molecule has 0 saturated carbocycles. The molecule has 0 aliphatic carbocycles. The molecule has 0 N–H and O–H groups in total. The van der Waals surface area contributed by atoms with Gasteiger partial charge in [0, 0.05) is 12.1 Å². The van der Waals surface area contributed by atoms with Gasteiger partial charge in [-0.15, -0.1) is 0 Å². The highest BCUT2D eigenvalue weighted by molar-refractivity contribution is 5.80. The minimum absolute atomic E-state index is 0.0602. The van der Waals surface area contributed by atoms with E-state index in [1.165, 1.54) is 0 Å². The topological polar surface area (TPSA) is 38.8 Å². The summed E-state index contributed by atoms with van der Waals surface area (Å²) in [5, 5.41) is 0. The number of carbonyl (C=O) groups excluding carboxylic acids is 1. The van der Waals surface area contributed by atoms with E-state index < -0.39 is 5.97 Å². The van der Waals surface area contributed by atoms with Crippen molar-refractivity contribution in [1.29, 1.82) is 0 Å². The Morgan fingerprint density at radius 2 is 1.94 bits per heavy atom. The largest absolute Gasteiger partial charge is 0.365 e. The molecule has 4 nitrogen and oxygen atoms in total. The fraction of sp³-hybridized carbons (Fsp3) is 0.357. The van der Waals surface area contributed by atoms with Crippen molar-refractivity contribution in [2.24, 2.45) is 0 Å². The average Bonchev–Trinajstić information content (AvgIpc) is 2.39. The molecule has 1 aromatic rings. The Labute approximate surface area is 108 Å². The van der Waals surface area contributed by atoms with Gasteiger partial charge in [-0.3, -0.25) is 4.89 Å². The molecule has 1 aromatic carbocycles. The normalized spacial score (nSPS) is 14.0. The molecular weight excluding hydrogens is 230 g/mol. The Balaban J connectivity index is 2.82. The average molecular weight is 249 g/mol. The van der Waals surface area contributed by atoms with Gasteiger partial charge in [-0.2, -0.15) is 4.89 Å². The summed E-state index contributed by atoms with van der Waals surface area (Å²) in [6.07, 6.45) is 0.729. The van der Waals surface area contributed by atoms with Crippen LogP contribution in [0.3, 0.4) is 0 Å². The standard InChI is InChI=1S/C14H19NO3/c1-5-13(16)17-18-14(11(2)15(3)4)12-9-7-6-8-10-12/h5-11,14H,1H2,2-4H3. The lowest BCUT2D eigenvalue weighted by Gasteiger charge is -2.27. The summed E-state index contributed by atoms with van der Waals surface area (Å²) in [7, 11) is 3.89. The van der Waals surface area contributed by atoms with Gasteiger partial charge in [-0.1, -0.05) is 36.9 Å². The number of hydrogen-bond donors (Lipinski definition) is 0. The van der Waals surface area contributed by atoms with Gasteiger partial charge in [0.15, 0.2) is 0 Å². The number of benzene rings is 1. The van der Waals surface area contributed by atoms with Crippen molar-refractivity contribution < 1.29 is 14.6 Å². The van der Waals surface area contributed by atoms with Gasteiger partial charge < -0.3 is 4.90 Å². The smallest absolute Gasteiger partial charge is 0.304 e. The van der Waals surface area contributed by atoms with Gasteiger partial charge >= 0.3 is 5.97 Å². The van der Waals surface area contributed by atoms with E-state index in [1.54, 1.807) is 0 Å². The van der Waals surface area contributed by atoms with Crippen molar-refractivity contribution in [2.45, 2.75) is 19.1 Å². The van der Waals surface area contributed by atoms with E-state index in [4.69, 9.17) is 9.78 Å². The molecule has 0 heterocycles. The number of hydrogen-bond acceptors (Lipinski definition) is 4. The monoisotopic (exact) mass is 249 g/mol. The Kier molecular flexibility index (Phi) is 5.55. The van der Waals surface area contributed by atoms with Gasteiger partial charge in [-0.05, 0) is 26.6 Å². The van der Waals surface area contributed by atoms with Crippen LogP contribution in [0.15, 0.2) is 43.0 Å². The first-order valence-electron chi connectivity index (χ1n) is 5.77. The highest BCUT2D eigenvalue weighted by Crippen LogP contribution is 2.24. The first-order valence-corrected chi connectivity index (χ1v) is 5.77. The highest BCUT2D eigenvalue weighted by atomic mass is 17.2. The minimum Gasteiger partial charge on any atom is -0.304 e. The Bertz CT molecular complexity index is 389. The maximum absolute atomic E-state index is 11.1. The van der Waals surface area contributed by atoms with Crippen LogP contribution >= 0.6 is 0 Å². The molecule has 0 saturated heterocycles. The number of nitrogens with zero attached hydrogens (tertiary/aromatic N) is 1. The van der Waals surface area contributed by atoms with Crippen molar-refractivity contribution in [2.75, 3.05) is 14.1 Å². The van der Waals surface area contributed by atoms with Gasteiger partial charge in [0.2, 0.25) is 0 Å². The summed E-state index contributed by atoms with van der Waals surface area (Å²) < 4.78 is 0. The SMILES string of the molecule is C=CC(=O)OOC(c1ccccc1)C(C)N(C)C. The molecule has 0 amide bonds. The third kappa shape index (κ3) is 3.98. The van der Waals surface area contributed by atoms with Crippen molar-refractivity contribution in [1.82, 2.24) is 4.90 Å². The second-order valence-electron chi connectivity index (χ2n) is 4.24. The van der Waals surface area contributed by atoms with Crippen LogP contribution < -0.4 is 0 Å². The Morgan fingerprint density at radius 1 is 1.33 bits per heavy atom. The fourth-order valence-electron chi connectivity index (χ4n) is 1.46. The van der Waals surface area contributed by atoms with Crippen LogP contribution in [0.2, 0.25) is 0 Å². The summed E-state index contributed by atoms with van der Waals surface area (Å²) in [6, 6.07) is 9.70. The Hall–Kier alpha value is -1.65. The first-order chi connectivity index (χ1) is 8.56. The van der Waals surface area contributed by atoms with E-state index >= 15 is 0 Å². The zero-order chi connectivity index (χ0) is 13.5. The fourth-order valence-corrected chi connectivity index (χ4v) is 1.46. The molecule has 0 radical (unpaired) electrons. The Morgan fingerprint density at radius 3 is 2.44 bits per heavy atom. The van der Waals surface area contributed by atoms with Crippen LogP contribution in [0.25, 0.3) is 0 Å². The third-order valence-electron chi connectivity index (χ3n) is 2.78. The third-order valence-corrected chi connectivity index (χ3v) is 2.78. The summed E-state index contributed by atoms with van der Waals surface area (Å²) >= 11 is 0. The molecule has 0 fully saturated rings. The molecule has 98 valence electrons. The second-order valence-corrected chi connectivity index (χ2v) is 4.24. The van der Waals surface area contributed by atoms with Gasteiger partial charge in [0.25, 0.3) is 0 Å². The van der Waals surface area contributed by atoms with Crippen LogP contribution in [0.5, 0.6) is 0 Å². The number of rotatable bonds is 6. The predicted molar refractivity (Wildman–Crippen MR) is 69.7 cm³/mol. The van der Waals surface area contributed by atoms with Gasteiger partial charge in [0.1, 0.15) is 6.10 Å². The van der Waals surface area contributed by atoms with Crippen LogP contribution in [0.4, 0.5) is 0 Å². The van der Waals surface area contributed by atoms with E-state index in [2.05, 4.69) is 6.58 Å². The summed E-state index contributed by atoms with van der Waals surface area (Å²) in [5.74, 6) is -0.595. The van der Waals surface area contributed by atoms with Crippen LogP contribution in [-0.4, -0.2) is 31.0 Å². The minimum atomic E-state index is -0.595. The van der Waals surface area contributed by atoms with E-state index in [0.29, 0.717) is 0 Å². The maximum atomic E-state index is 11.1. The lowest BCUT2D eigenvalue weighted by molar-refractivity contribution is -0.304. The van der Waals surface area contributed by atoms with E-state index in [1.807, 2.05) is 56.3 Å². The van der Waals surface area contributed by atoms with Gasteiger partial charge in [-0.25, -0.2) is 4.79 Å². The molecule has 0 spiro atoms. The van der Waals surface area contributed by atoms with Gasteiger partial charge in [0.05, 0.1) is 0 Å². The van der Waals surface area contributed by atoms with Crippen molar-refractivity contribution in [3.63, 3.8) is 0 Å². The maximum Gasteiger partial charge on any atom is 0.365 e. The molecule has 4 heteroatoms. The van der Waals surface area contributed by atoms with E-state index in [9.17, 15) is 4.79 Å². The molecule has 2 atom stereocenters. The van der Waals surface area contributed by atoms with Crippen LogP contribution in [0.1, 0.15) is 18.6 Å². The van der Waals surface area contributed by atoms with Crippen molar-refractivity contribution >= 4 is 5.97 Å². The molecule has 18 heavy (non-hydrogen) atoms. The highest BCUT2D eigenvalue weighted by Gasteiger charge is 2.24. The molecule has 0 bridgehead atoms. The van der Waals surface area contributed by atoms with Crippen molar-refractivity contribution in [3.05, 3.63) is 48.6 Å². The second kappa shape index (κ2) is 6.93. The number of likely N-dealkylation sites (N-methyl/N-ethyl adjacent to an activating group) is 1. The zero-order valence-electron chi connectivity index (χ0n) is 11.0. The van der Waals surface area contributed by atoms with E-state index in [0.717, 1.165) is 11.6 Å². The van der Waals surface area contributed by atoms with Crippen LogP contribution in [0, 0.1) is 0 Å². The predicted octanol–water partition coefficient (Wildman–Crippen LogP) is 2.34. The van der Waals surface area contributed by atoms with Crippen LogP contribution in [-0.2, 0) is 14.6 Å². The summed E-state index contributed by atoms with van der Waals surface area (Å²) in [5.41, 5.74) is 0.954. The molecule has 0 aliphatic heterocycles. The van der Waals surface area contributed by atoms with E-state index in [-0.39, 0.29) is 12.1 Å². The first kappa shape index (κ1) is 14.4.